The number of benzene rings is 1. The number of sulfonamides is 1. The molecule has 1 heterocycles. The summed E-state index contributed by atoms with van der Waals surface area (Å²) in [6.07, 6.45) is 4.34. The van der Waals surface area contributed by atoms with Crippen LogP contribution in [0.1, 0.15) is 31.7 Å². The van der Waals surface area contributed by atoms with Crippen LogP contribution in [0.2, 0.25) is 0 Å². The van der Waals surface area contributed by atoms with Crippen molar-refractivity contribution in [1.29, 1.82) is 0 Å². The van der Waals surface area contributed by atoms with Gasteiger partial charge in [0.05, 0.1) is 12.8 Å². The number of piperidine rings is 1. The quantitative estimate of drug-likeness (QED) is 0.643. The molecule has 1 amide bonds. The van der Waals surface area contributed by atoms with Crippen molar-refractivity contribution in [2.24, 2.45) is 5.92 Å². The van der Waals surface area contributed by atoms with E-state index in [1.54, 1.807) is 12.1 Å². The minimum atomic E-state index is -3.63. The molecule has 0 aromatic heterocycles. The van der Waals surface area contributed by atoms with Gasteiger partial charge >= 0.3 is 0 Å². The lowest BCUT2D eigenvalue weighted by Crippen LogP contribution is -2.41. The van der Waals surface area contributed by atoms with Crippen LogP contribution in [0.15, 0.2) is 24.3 Å². The second-order valence-corrected chi connectivity index (χ2v) is 9.36. The Balaban J connectivity index is 1.79. The number of rotatable bonds is 9. The fourth-order valence-electron chi connectivity index (χ4n) is 3.34. The van der Waals surface area contributed by atoms with Crippen LogP contribution in [0.5, 0.6) is 0 Å². The number of hydrogen-bond acceptors (Lipinski definition) is 4. The second-order valence-electron chi connectivity index (χ2n) is 7.37. The number of likely N-dealkylation sites (tertiary alicyclic amines) is 1. The third-order valence-electron chi connectivity index (χ3n) is 4.81. The third kappa shape index (κ3) is 7.56. The summed E-state index contributed by atoms with van der Waals surface area (Å²) in [5.41, 5.74) is 0.245. The lowest BCUT2D eigenvalue weighted by Gasteiger charge is -2.30. The Morgan fingerprint density at radius 1 is 1.37 bits per heavy atom. The van der Waals surface area contributed by atoms with Crippen molar-refractivity contribution in [3.63, 3.8) is 0 Å². The van der Waals surface area contributed by atoms with Crippen LogP contribution in [0, 0.1) is 11.7 Å². The number of amides is 1. The highest BCUT2D eigenvalue weighted by Gasteiger charge is 2.22. The summed E-state index contributed by atoms with van der Waals surface area (Å²) in [6, 6.07) is 5.97. The van der Waals surface area contributed by atoms with Gasteiger partial charge in [0.1, 0.15) is 5.82 Å². The minimum absolute atomic E-state index is 0.162. The van der Waals surface area contributed by atoms with Gasteiger partial charge in [-0.05, 0) is 44.3 Å². The van der Waals surface area contributed by atoms with Crippen LogP contribution >= 0.6 is 0 Å². The zero-order chi connectivity index (χ0) is 19.9. The molecule has 1 aliphatic rings. The van der Waals surface area contributed by atoms with E-state index >= 15 is 0 Å². The monoisotopic (exact) mass is 399 g/mol. The normalized spacial score (nSPS) is 18.6. The molecule has 0 bridgehead atoms. The molecule has 1 aromatic carbocycles. The molecule has 6 nitrogen and oxygen atoms in total. The van der Waals surface area contributed by atoms with Crippen LogP contribution in [-0.2, 0) is 21.4 Å². The Hall–Kier alpha value is -1.51. The second kappa shape index (κ2) is 10.1. The van der Waals surface area contributed by atoms with Crippen molar-refractivity contribution >= 4 is 15.9 Å². The van der Waals surface area contributed by atoms with Crippen molar-refractivity contribution in [2.45, 2.75) is 32.7 Å². The third-order valence-corrected chi connectivity index (χ3v) is 6.00. The Morgan fingerprint density at radius 2 is 2.11 bits per heavy atom. The average Bonchev–Trinajstić information content (AvgIpc) is 2.59. The van der Waals surface area contributed by atoms with Crippen LogP contribution in [0.25, 0.3) is 0 Å². The highest BCUT2D eigenvalue weighted by atomic mass is 32.2. The van der Waals surface area contributed by atoms with Gasteiger partial charge in [-0.2, -0.15) is 4.31 Å². The zero-order valence-electron chi connectivity index (χ0n) is 16.2. The molecule has 0 radical (unpaired) electrons. The molecule has 1 fully saturated rings. The van der Waals surface area contributed by atoms with Gasteiger partial charge in [0, 0.05) is 25.2 Å². The van der Waals surface area contributed by atoms with Crippen LogP contribution in [0.3, 0.4) is 0 Å². The fraction of sp³-hybridized carbons (Fsp3) is 0.632. The standard InChI is InChI=1S/C19H30FN3O3S/c1-16-7-5-11-22(13-16)12-6-10-21-19(24)15-23(27(2,25)26)14-17-8-3-4-9-18(17)20/h3-4,8-9,16H,5-7,10-15H2,1-2H3,(H,21,24)/t16-/m1/s1. The number of halogens is 1. The highest BCUT2D eigenvalue weighted by Crippen LogP contribution is 2.15. The topological polar surface area (TPSA) is 69.7 Å². The smallest absolute Gasteiger partial charge is 0.235 e. The van der Waals surface area contributed by atoms with E-state index in [1.165, 1.54) is 25.0 Å². The van der Waals surface area contributed by atoms with Crippen molar-refractivity contribution in [3.05, 3.63) is 35.6 Å². The van der Waals surface area contributed by atoms with Gasteiger partial charge < -0.3 is 10.2 Å². The molecule has 1 N–H and O–H groups in total. The molecule has 1 saturated heterocycles. The Kier molecular flexibility index (Phi) is 8.19. The predicted molar refractivity (Wildman–Crippen MR) is 104 cm³/mol. The first-order chi connectivity index (χ1) is 12.8. The van der Waals surface area contributed by atoms with E-state index in [0.29, 0.717) is 6.54 Å². The molecule has 152 valence electrons. The maximum atomic E-state index is 13.8. The lowest BCUT2D eigenvalue weighted by molar-refractivity contribution is -0.121. The summed E-state index contributed by atoms with van der Waals surface area (Å²) < 4.78 is 38.7. The van der Waals surface area contributed by atoms with Gasteiger partial charge in [0.2, 0.25) is 15.9 Å². The first kappa shape index (κ1) is 21.8. The molecule has 0 saturated carbocycles. The van der Waals surface area contributed by atoms with Crippen LogP contribution in [0.4, 0.5) is 4.39 Å². The molecule has 0 unspecified atom stereocenters. The first-order valence-corrected chi connectivity index (χ1v) is 11.3. The van der Waals surface area contributed by atoms with Gasteiger partial charge in [-0.15, -0.1) is 0 Å². The molecule has 0 aliphatic carbocycles. The maximum absolute atomic E-state index is 13.8. The molecular formula is C19H30FN3O3S. The number of carbonyl (C=O) groups is 1. The van der Waals surface area contributed by atoms with E-state index in [4.69, 9.17) is 0 Å². The average molecular weight is 400 g/mol. The molecular weight excluding hydrogens is 369 g/mol. The van der Waals surface area contributed by atoms with Gasteiger partial charge in [-0.25, -0.2) is 12.8 Å². The zero-order valence-corrected chi connectivity index (χ0v) is 17.0. The van der Waals surface area contributed by atoms with E-state index in [9.17, 15) is 17.6 Å². The minimum Gasteiger partial charge on any atom is -0.355 e. The van der Waals surface area contributed by atoms with Crippen molar-refractivity contribution in [2.75, 3.05) is 39.0 Å². The SMILES string of the molecule is C[C@@H]1CCCN(CCCNC(=O)CN(Cc2ccccc2F)S(C)(=O)=O)C1. The number of nitrogens with one attached hydrogen (secondary N) is 1. The van der Waals surface area contributed by atoms with Gasteiger partial charge in [0.15, 0.2) is 0 Å². The largest absolute Gasteiger partial charge is 0.355 e. The van der Waals surface area contributed by atoms with Crippen molar-refractivity contribution in [1.82, 2.24) is 14.5 Å². The molecule has 1 atom stereocenters. The van der Waals surface area contributed by atoms with Gasteiger partial charge in [-0.3, -0.25) is 4.79 Å². The first-order valence-electron chi connectivity index (χ1n) is 9.43. The lowest BCUT2D eigenvalue weighted by atomic mass is 10.0. The van der Waals surface area contributed by atoms with E-state index in [0.717, 1.165) is 42.5 Å². The van der Waals surface area contributed by atoms with Gasteiger partial charge in [-0.1, -0.05) is 25.1 Å². The Bertz CT molecular complexity index is 727. The molecule has 1 aliphatic heterocycles. The van der Waals surface area contributed by atoms with E-state index in [2.05, 4.69) is 17.1 Å². The van der Waals surface area contributed by atoms with Crippen LogP contribution in [-0.4, -0.2) is 62.5 Å². The summed E-state index contributed by atoms with van der Waals surface area (Å²) in [5, 5.41) is 2.77. The Labute approximate surface area is 161 Å². The van der Waals surface area contributed by atoms with E-state index < -0.39 is 15.8 Å². The van der Waals surface area contributed by atoms with Crippen molar-refractivity contribution < 1.29 is 17.6 Å². The van der Waals surface area contributed by atoms with Gasteiger partial charge in [0.25, 0.3) is 0 Å². The van der Waals surface area contributed by atoms with E-state index in [-0.39, 0.29) is 24.6 Å². The summed E-state index contributed by atoms with van der Waals surface area (Å²) in [7, 11) is -3.63. The number of hydrogen-bond donors (Lipinski definition) is 1. The number of carbonyl (C=O) groups excluding carboxylic acids is 1. The molecule has 27 heavy (non-hydrogen) atoms. The summed E-state index contributed by atoms with van der Waals surface area (Å²) in [4.78, 5) is 14.6. The predicted octanol–water partition coefficient (Wildman–Crippen LogP) is 1.83. The van der Waals surface area contributed by atoms with Crippen molar-refractivity contribution in [3.8, 4) is 0 Å². The summed E-state index contributed by atoms with van der Waals surface area (Å²) in [6.45, 7) is 5.40. The highest BCUT2D eigenvalue weighted by molar-refractivity contribution is 7.88. The summed E-state index contributed by atoms with van der Waals surface area (Å²) in [5.74, 6) is -0.138. The van der Waals surface area contributed by atoms with E-state index in [1.807, 2.05) is 0 Å². The fourth-order valence-corrected chi connectivity index (χ4v) is 4.07. The molecule has 0 spiro atoms. The molecule has 1 aromatic rings. The Morgan fingerprint density at radius 3 is 2.78 bits per heavy atom. The number of nitrogens with zero attached hydrogens (tertiary/aromatic N) is 2. The maximum Gasteiger partial charge on any atom is 0.235 e. The van der Waals surface area contributed by atoms with Crippen LogP contribution < -0.4 is 5.32 Å². The molecule has 2 rings (SSSR count). The molecule has 8 heteroatoms. The summed E-state index contributed by atoms with van der Waals surface area (Å²) >= 11 is 0.